The second-order valence-corrected chi connectivity index (χ2v) is 4.22. The van der Waals surface area contributed by atoms with Crippen LogP contribution in [0.15, 0.2) is 41.7 Å². The lowest BCUT2D eigenvalue weighted by atomic mass is 9.95. The number of nitrogens with zero attached hydrogens (tertiary/aromatic N) is 3. The molecule has 0 atom stereocenters. The number of benzene rings is 1. The van der Waals surface area contributed by atoms with E-state index in [2.05, 4.69) is 15.0 Å². The van der Waals surface area contributed by atoms with Gasteiger partial charge in [-0.05, 0) is 24.3 Å². The van der Waals surface area contributed by atoms with Crippen LogP contribution in [0.25, 0.3) is 0 Å². The van der Waals surface area contributed by atoms with Crippen molar-refractivity contribution in [1.29, 1.82) is 0 Å². The van der Waals surface area contributed by atoms with Crippen LogP contribution in [0.5, 0.6) is 0 Å². The van der Waals surface area contributed by atoms with Gasteiger partial charge in [0.2, 0.25) is 5.78 Å². The predicted molar refractivity (Wildman–Crippen MR) is 68.8 cm³/mol. The third-order valence-electron chi connectivity index (χ3n) is 2.86. The summed E-state index contributed by atoms with van der Waals surface area (Å²) >= 11 is 0. The van der Waals surface area contributed by atoms with Gasteiger partial charge in [-0.2, -0.15) is 0 Å². The molecule has 0 unspecified atom stereocenters. The number of carbonyl (C=O) groups excluding carboxylic acids is 2. The molecule has 1 aliphatic rings. The van der Waals surface area contributed by atoms with Crippen molar-refractivity contribution in [3.05, 3.63) is 53.9 Å². The predicted octanol–water partition coefficient (Wildman–Crippen LogP) is 2.16. The van der Waals surface area contributed by atoms with Crippen LogP contribution in [0.4, 0.5) is 10.1 Å². The topological polar surface area (TPSA) is 72.3 Å². The number of ketones is 2. The van der Waals surface area contributed by atoms with E-state index in [1.54, 1.807) is 0 Å². The van der Waals surface area contributed by atoms with Gasteiger partial charge in [0.25, 0.3) is 0 Å². The normalized spacial score (nSPS) is 16.4. The van der Waals surface area contributed by atoms with Gasteiger partial charge in [0, 0.05) is 12.4 Å². The first-order chi connectivity index (χ1) is 9.65. The average molecular weight is 269 g/mol. The van der Waals surface area contributed by atoms with Crippen LogP contribution in [0.1, 0.15) is 27.4 Å². The number of hydrogen-bond donors (Lipinski definition) is 0. The van der Waals surface area contributed by atoms with E-state index in [1.165, 1.54) is 36.7 Å². The van der Waals surface area contributed by atoms with Crippen molar-refractivity contribution in [2.24, 2.45) is 4.99 Å². The molecule has 1 aromatic carbocycles. The molecule has 0 saturated carbocycles. The summed E-state index contributed by atoms with van der Waals surface area (Å²) in [6, 6.07) is 5.35. The fraction of sp³-hybridized carbons (Fsp3) is 0.0714. The first-order valence-electron chi connectivity index (χ1n) is 5.87. The highest BCUT2D eigenvalue weighted by atomic mass is 19.1. The van der Waals surface area contributed by atoms with Crippen molar-refractivity contribution >= 4 is 23.0 Å². The molecule has 3 rings (SSSR count). The quantitative estimate of drug-likeness (QED) is 0.795. The molecular weight excluding hydrogens is 261 g/mol. The fourth-order valence-electron chi connectivity index (χ4n) is 1.92. The zero-order valence-corrected chi connectivity index (χ0v) is 10.2. The van der Waals surface area contributed by atoms with Gasteiger partial charge < -0.3 is 0 Å². The van der Waals surface area contributed by atoms with Crippen LogP contribution in [-0.2, 0) is 0 Å². The molecule has 0 radical (unpaired) electrons. The van der Waals surface area contributed by atoms with Crippen molar-refractivity contribution in [2.45, 2.75) is 6.42 Å². The minimum absolute atomic E-state index is 0.0182. The summed E-state index contributed by atoms with van der Waals surface area (Å²) in [4.78, 5) is 35.9. The number of Topliss-reactive ketones (excluding diaryl/α,β-unsaturated/α-hetero) is 2. The van der Waals surface area contributed by atoms with E-state index in [-0.39, 0.29) is 29.3 Å². The van der Waals surface area contributed by atoms with Gasteiger partial charge >= 0.3 is 0 Å². The van der Waals surface area contributed by atoms with Gasteiger partial charge in [0.05, 0.1) is 17.8 Å². The molecule has 0 saturated heterocycles. The second-order valence-electron chi connectivity index (χ2n) is 4.22. The van der Waals surface area contributed by atoms with Crippen LogP contribution < -0.4 is 0 Å². The maximum Gasteiger partial charge on any atom is 0.228 e. The molecule has 6 heteroatoms. The molecule has 1 heterocycles. The Balaban J connectivity index is 2.03. The Hall–Kier alpha value is -2.76. The fourth-order valence-corrected chi connectivity index (χ4v) is 1.92. The lowest BCUT2D eigenvalue weighted by molar-refractivity contribution is 0.0957. The minimum atomic E-state index is -0.419. The zero-order valence-electron chi connectivity index (χ0n) is 10.2. The molecule has 0 bridgehead atoms. The van der Waals surface area contributed by atoms with Crippen LogP contribution in [0.3, 0.4) is 0 Å². The highest BCUT2D eigenvalue weighted by Crippen LogP contribution is 2.19. The lowest BCUT2D eigenvalue weighted by Gasteiger charge is -2.13. The summed E-state index contributed by atoms with van der Waals surface area (Å²) in [5.74, 6) is -1.11. The highest BCUT2D eigenvalue weighted by molar-refractivity contribution is 6.52. The largest absolute Gasteiger partial charge is 0.292 e. The lowest BCUT2D eigenvalue weighted by Crippen LogP contribution is -2.29. The van der Waals surface area contributed by atoms with Crippen molar-refractivity contribution in [3.63, 3.8) is 0 Å². The summed E-state index contributed by atoms with van der Waals surface area (Å²) in [5.41, 5.74) is 0.602. The molecule has 5 nitrogen and oxygen atoms in total. The summed E-state index contributed by atoms with van der Waals surface area (Å²) in [5, 5.41) is 0. The van der Waals surface area contributed by atoms with E-state index in [9.17, 15) is 14.0 Å². The van der Waals surface area contributed by atoms with Gasteiger partial charge in [0.15, 0.2) is 5.78 Å². The van der Waals surface area contributed by atoms with Crippen molar-refractivity contribution in [2.75, 3.05) is 0 Å². The maximum atomic E-state index is 12.8. The third kappa shape index (κ3) is 2.11. The van der Waals surface area contributed by atoms with Gasteiger partial charge in [0.1, 0.15) is 17.2 Å². The van der Waals surface area contributed by atoms with Gasteiger partial charge in [-0.25, -0.2) is 19.4 Å². The summed E-state index contributed by atoms with van der Waals surface area (Å²) in [6.45, 7) is 0. The molecule has 0 spiro atoms. The SMILES string of the molecule is O=C1CC(=Nc2ccc(F)cc2)C(=O)c2nccnc21. The maximum absolute atomic E-state index is 12.8. The number of fused-ring (bicyclic) bond motifs is 1. The summed E-state index contributed by atoms with van der Waals surface area (Å²) in [6.07, 6.45) is 2.60. The molecule has 1 aliphatic carbocycles. The minimum Gasteiger partial charge on any atom is -0.292 e. The molecule has 0 fully saturated rings. The molecule has 1 aromatic heterocycles. The Labute approximate surface area is 113 Å². The molecule has 2 aromatic rings. The number of aromatic nitrogens is 2. The summed E-state index contributed by atoms with van der Waals surface area (Å²) in [7, 11) is 0. The highest BCUT2D eigenvalue weighted by Gasteiger charge is 2.31. The van der Waals surface area contributed by atoms with Crippen LogP contribution in [0.2, 0.25) is 0 Å². The van der Waals surface area contributed by atoms with E-state index < -0.39 is 11.6 Å². The standard InChI is InChI=1S/C14H8FN3O2/c15-8-1-3-9(4-2-8)18-10-7-11(19)12-13(14(10)20)17-6-5-16-12/h1-6H,7H2. The smallest absolute Gasteiger partial charge is 0.228 e. The first-order valence-corrected chi connectivity index (χ1v) is 5.87. The van der Waals surface area contributed by atoms with Crippen molar-refractivity contribution < 1.29 is 14.0 Å². The molecule has 0 amide bonds. The Bertz CT molecular complexity index is 738. The number of halogens is 1. The number of hydrogen-bond acceptors (Lipinski definition) is 5. The van der Waals surface area contributed by atoms with Gasteiger partial charge in [-0.1, -0.05) is 0 Å². The van der Waals surface area contributed by atoms with Gasteiger partial charge in [-0.15, -0.1) is 0 Å². The van der Waals surface area contributed by atoms with Gasteiger partial charge in [-0.3, -0.25) is 9.59 Å². The molecule has 20 heavy (non-hydrogen) atoms. The molecule has 98 valence electrons. The van der Waals surface area contributed by atoms with Crippen LogP contribution in [0, 0.1) is 5.82 Å². The summed E-state index contributed by atoms with van der Waals surface area (Å²) < 4.78 is 12.8. The monoisotopic (exact) mass is 269 g/mol. The van der Waals surface area contributed by atoms with Crippen LogP contribution >= 0.6 is 0 Å². The van der Waals surface area contributed by atoms with E-state index in [4.69, 9.17) is 0 Å². The van der Waals surface area contributed by atoms with Crippen molar-refractivity contribution in [1.82, 2.24) is 9.97 Å². The Morgan fingerprint density at radius 1 is 1.00 bits per heavy atom. The Morgan fingerprint density at radius 3 is 2.35 bits per heavy atom. The number of rotatable bonds is 1. The number of aliphatic imine (C=N–C) groups is 1. The van der Waals surface area contributed by atoms with E-state index >= 15 is 0 Å². The van der Waals surface area contributed by atoms with E-state index in [1.807, 2.05) is 0 Å². The van der Waals surface area contributed by atoms with E-state index in [0.29, 0.717) is 5.69 Å². The van der Waals surface area contributed by atoms with Crippen molar-refractivity contribution in [3.8, 4) is 0 Å². The second kappa shape index (κ2) is 4.73. The average Bonchev–Trinajstić information content (AvgIpc) is 2.47. The molecule has 0 N–H and O–H groups in total. The van der Waals surface area contributed by atoms with E-state index in [0.717, 1.165) is 0 Å². The van der Waals surface area contributed by atoms with Crippen LogP contribution in [-0.4, -0.2) is 27.2 Å². The Kier molecular flexibility index (Phi) is 2.90. The Morgan fingerprint density at radius 2 is 1.65 bits per heavy atom. The molecule has 0 aliphatic heterocycles. The number of carbonyl (C=O) groups is 2. The third-order valence-corrected chi connectivity index (χ3v) is 2.86. The molecular formula is C14H8FN3O2. The first kappa shape index (κ1) is 12.3. The zero-order chi connectivity index (χ0) is 14.1.